The summed E-state index contributed by atoms with van der Waals surface area (Å²) in [7, 11) is 0. The van der Waals surface area contributed by atoms with E-state index in [0.717, 1.165) is 5.56 Å². The van der Waals surface area contributed by atoms with Crippen molar-refractivity contribution >= 4 is 5.78 Å². The molecule has 0 fully saturated rings. The molecule has 0 saturated carbocycles. The van der Waals surface area contributed by atoms with Gasteiger partial charge >= 0.3 is 0 Å². The lowest BCUT2D eigenvalue weighted by Gasteiger charge is -2.11. The third kappa shape index (κ3) is 2.73. The van der Waals surface area contributed by atoms with Gasteiger partial charge in [-0.15, -0.1) is 6.42 Å². The quantitative estimate of drug-likeness (QED) is 0.715. The van der Waals surface area contributed by atoms with Crippen molar-refractivity contribution in [3.05, 3.63) is 60.2 Å². The molecule has 0 amide bonds. The fraction of sp³-hybridized carbons (Fsp3) is 0.188. The summed E-state index contributed by atoms with van der Waals surface area (Å²) in [6, 6.07) is 9.77. The predicted molar refractivity (Wildman–Crippen MR) is 69.4 cm³/mol. The van der Waals surface area contributed by atoms with Crippen LogP contribution in [0.1, 0.15) is 17.9 Å². The van der Waals surface area contributed by atoms with E-state index in [1.54, 1.807) is 0 Å². The first-order valence-corrected chi connectivity index (χ1v) is 5.70. The molecule has 0 bridgehead atoms. The number of hydrogen-bond donors (Lipinski definition) is 0. The maximum Gasteiger partial charge on any atom is 0.145 e. The first-order valence-electron chi connectivity index (χ1n) is 5.70. The van der Waals surface area contributed by atoms with Gasteiger partial charge in [-0.2, -0.15) is 0 Å². The number of carbonyl (C=O) groups excluding carboxylic acids is 1. The molecule has 1 atom stereocenters. The molecule has 0 spiro atoms. The Hall–Kier alpha value is -2.07. The number of allylic oxidation sites excluding steroid dienone is 4. The molecule has 1 aromatic rings. The van der Waals surface area contributed by atoms with Gasteiger partial charge in [-0.3, -0.25) is 4.79 Å². The zero-order valence-electron chi connectivity index (χ0n) is 9.54. The highest BCUT2D eigenvalue weighted by Gasteiger charge is 2.19. The normalized spacial score (nSPS) is 15.7. The average Bonchev–Trinajstić information content (AvgIpc) is 2.90. The van der Waals surface area contributed by atoms with E-state index in [-0.39, 0.29) is 17.6 Å². The van der Waals surface area contributed by atoms with Gasteiger partial charge in [-0.25, -0.2) is 0 Å². The fourth-order valence-corrected chi connectivity index (χ4v) is 1.94. The summed E-state index contributed by atoms with van der Waals surface area (Å²) in [4.78, 5) is 12.0. The van der Waals surface area contributed by atoms with Crippen LogP contribution in [0.4, 0.5) is 0 Å². The molecule has 2 rings (SSSR count). The second-order valence-electron chi connectivity index (χ2n) is 4.10. The largest absolute Gasteiger partial charge is 0.299 e. The number of Topliss-reactive ketones (excluding diaryl/α,β-unsaturated/α-hetero) is 1. The van der Waals surface area contributed by atoms with Gasteiger partial charge < -0.3 is 0 Å². The van der Waals surface area contributed by atoms with Crippen molar-refractivity contribution in [2.24, 2.45) is 5.92 Å². The highest BCUT2D eigenvalue weighted by atomic mass is 16.1. The van der Waals surface area contributed by atoms with Crippen molar-refractivity contribution < 1.29 is 4.79 Å². The average molecular weight is 222 g/mol. The van der Waals surface area contributed by atoms with Crippen LogP contribution in [0.25, 0.3) is 0 Å². The van der Waals surface area contributed by atoms with Crippen LogP contribution >= 0.6 is 0 Å². The first-order chi connectivity index (χ1) is 8.31. The van der Waals surface area contributed by atoms with E-state index < -0.39 is 0 Å². The van der Waals surface area contributed by atoms with Gasteiger partial charge in [0.05, 0.1) is 11.8 Å². The Bertz CT molecular complexity index is 476. The van der Waals surface area contributed by atoms with E-state index in [2.05, 4.69) is 5.92 Å². The number of benzene rings is 1. The van der Waals surface area contributed by atoms with Crippen molar-refractivity contribution in [3.63, 3.8) is 0 Å². The van der Waals surface area contributed by atoms with Crippen LogP contribution in [0.2, 0.25) is 0 Å². The summed E-state index contributed by atoms with van der Waals surface area (Å²) >= 11 is 0. The Balaban J connectivity index is 2.06. The van der Waals surface area contributed by atoms with E-state index in [1.165, 1.54) is 0 Å². The van der Waals surface area contributed by atoms with Crippen LogP contribution in [-0.2, 0) is 4.79 Å². The van der Waals surface area contributed by atoms with Gasteiger partial charge in [0.2, 0.25) is 0 Å². The Labute approximate surface area is 102 Å². The molecule has 0 radical (unpaired) electrons. The predicted octanol–water partition coefficient (Wildman–Crippen LogP) is 3.10. The van der Waals surface area contributed by atoms with Crippen LogP contribution in [0.3, 0.4) is 0 Å². The van der Waals surface area contributed by atoms with Crippen molar-refractivity contribution in [1.29, 1.82) is 0 Å². The standard InChI is InChI=1S/C16H14O/c1-2-13(14-8-4-3-5-9-14)12-16(17)15-10-6-7-11-15/h1,3-11,13,15H,12H2. The topological polar surface area (TPSA) is 17.1 Å². The maximum atomic E-state index is 12.0. The lowest BCUT2D eigenvalue weighted by Crippen LogP contribution is -2.12. The van der Waals surface area contributed by atoms with Crippen molar-refractivity contribution in [2.75, 3.05) is 0 Å². The molecule has 0 heterocycles. The minimum Gasteiger partial charge on any atom is -0.299 e. The van der Waals surface area contributed by atoms with Crippen LogP contribution < -0.4 is 0 Å². The lowest BCUT2D eigenvalue weighted by atomic mass is 9.90. The smallest absolute Gasteiger partial charge is 0.145 e. The summed E-state index contributed by atoms with van der Waals surface area (Å²) < 4.78 is 0. The number of hydrogen-bond acceptors (Lipinski definition) is 1. The monoisotopic (exact) mass is 222 g/mol. The molecule has 1 aliphatic carbocycles. The molecule has 1 unspecified atom stereocenters. The van der Waals surface area contributed by atoms with Gasteiger partial charge in [-0.1, -0.05) is 60.6 Å². The van der Waals surface area contributed by atoms with Crippen LogP contribution in [0.15, 0.2) is 54.6 Å². The molecule has 1 heteroatoms. The van der Waals surface area contributed by atoms with Gasteiger partial charge in [-0.05, 0) is 5.56 Å². The first kappa shape index (κ1) is 11.4. The molecule has 0 N–H and O–H groups in total. The van der Waals surface area contributed by atoms with Gasteiger partial charge in [0, 0.05) is 6.42 Å². The molecule has 1 nitrogen and oxygen atoms in total. The van der Waals surface area contributed by atoms with Crippen molar-refractivity contribution in [3.8, 4) is 12.3 Å². The van der Waals surface area contributed by atoms with Gasteiger partial charge in [0.1, 0.15) is 5.78 Å². The number of rotatable bonds is 4. The highest BCUT2D eigenvalue weighted by molar-refractivity contribution is 5.86. The summed E-state index contributed by atoms with van der Waals surface area (Å²) in [6.07, 6.45) is 13.5. The fourth-order valence-electron chi connectivity index (χ4n) is 1.94. The van der Waals surface area contributed by atoms with Gasteiger partial charge in [0.15, 0.2) is 0 Å². The zero-order chi connectivity index (χ0) is 12.1. The van der Waals surface area contributed by atoms with Crippen LogP contribution in [-0.4, -0.2) is 5.78 Å². The minimum absolute atomic E-state index is 0.0884. The summed E-state index contributed by atoms with van der Waals surface area (Å²) in [6.45, 7) is 0. The number of carbonyl (C=O) groups is 1. The molecule has 1 aliphatic rings. The van der Waals surface area contributed by atoms with Crippen molar-refractivity contribution in [1.82, 2.24) is 0 Å². The Kier molecular flexibility index (Phi) is 3.57. The van der Waals surface area contributed by atoms with E-state index in [1.807, 2.05) is 54.6 Å². The number of terminal acetylenes is 1. The SMILES string of the molecule is C#CC(CC(=O)C1C=CC=C1)c1ccccc1. The molecule has 0 aromatic heterocycles. The van der Waals surface area contributed by atoms with E-state index in [0.29, 0.717) is 6.42 Å². The Morgan fingerprint density at radius 3 is 2.47 bits per heavy atom. The molecular formula is C16H14O. The van der Waals surface area contributed by atoms with Crippen LogP contribution in [0.5, 0.6) is 0 Å². The second kappa shape index (κ2) is 5.32. The molecular weight excluding hydrogens is 208 g/mol. The molecule has 84 valence electrons. The Morgan fingerprint density at radius 1 is 1.24 bits per heavy atom. The molecule has 1 aromatic carbocycles. The highest BCUT2D eigenvalue weighted by Crippen LogP contribution is 2.22. The van der Waals surface area contributed by atoms with E-state index in [9.17, 15) is 4.79 Å². The molecule has 17 heavy (non-hydrogen) atoms. The molecule has 0 aliphatic heterocycles. The minimum atomic E-state index is -0.119. The second-order valence-corrected chi connectivity index (χ2v) is 4.10. The van der Waals surface area contributed by atoms with Gasteiger partial charge in [0.25, 0.3) is 0 Å². The lowest BCUT2D eigenvalue weighted by molar-refractivity contribution is -0.120. The third-order valence-corrected chi connectivity index (χ3v) is 2.93. The molecule has 0 saturated heterocycles. The maximum absolute atomic E-state index is 12.0. The Morgan fingerprint density at radius 2 is 1.88 bits per heavy atom. The van der Waals surface area contributed by atoms with E-state index in [4.69, 9.17) is 6.42 Å². The summed E-state index contributed by atoms with van der Waals surface area (Å²) in [5.41, 5.74) is 1.04. The van der Waals surface area contributed by atoms with E-state index >= 15 is 0 Å². The summed E-state index contributed by atoms with van der Waals surface area (Å²) in [5.74, 6) is 2.68. The zero-order valence-corrected chi connectivity index (χ0v) is 9.54. The van der Waals surface area contributed by atoms with Crippen LogP contribution in [0, 0.1) is 18.3 Å². The summed E-state index contributed by atoms with van der Waals surface area (Å²) in [5, 5.41) is 0. The van der Waals surface area contributed by atoms with Crippen molar-refractivity contribution in [2.45, 2.75) is 12.3 Å². The third-order valence-electron chi connectivity index (χ3n) is 2.93. The number of ketones is 1.